The van der Waals surface area contributed by atoms with E-state index < -0.39 is 15.9 Å². The first-order valence-electron chi connectivity index (χ1n) is 10.5. The number of rotatable bonds is 8. The molecule has 2 heterocycles. The predicted octanol–water partition coefficient (Wildman–Crippen LogP) is 3.80. The van der Waals surface area contributed by atoms with Crippen molar-refractivity contribution in [2.75, 3.05) is 19.4 Å². The molecule has 174 valence electrons. The van der Waals surface area contributed by atoms with Crippen LogP contribution in [0.25, 0.3) is 11.3 Å². The monoisotopic (exact) mass is 470 g/mol. The molecule has 1 aliphatic heterocycles. The molecule has 1 aromatic heterocycles. The highest BCUT2D eigenvalue weighted by Gasteiger charge is 2.19. The summed E-state index contributed by atoms with van der Waals surface area (Å²) in [6.45, 7) is 4.23. The highest BCUT2D eigenvalue weighted by atomic mass is 32.2. The number of nitrogens with one attached hydrogen (secondary N) is 1. The van der Waals surface area contributed by atoms with Gasteiger partial charge in [-0.1, -0.05) is 0 Å². The zero-order valence-electron chi connectivity index (χ0n) is 18.6. The van der Waals surface area contributed by atoms with E-state index in [1.54, 1.807) is 25.1 Å². The van der Waals surface area contributed by atoms with Crippen LogP contribution in [-0.4, -0.2) is 56.0 Å². The van der Waals surface area contributed by atoms with Crippen LogP contribution in [-0.2, 0) is 14.6 Å². The maximum absolute atomic E-state index is 11.7. The van der Waals surface area contributed by atoms with Crippen molar-refractivity contribution >= 4 is 15.7 Å². The summed E-state index contributed by atoms with van der Waals surface area (Å²) in [6, 6.07) is 15.4. The number of aromatic nitrogens is 1. The zero-order valence-corrected chi connectivity index (χ0v) is 19.4. The van der Waals surface area contributed by atoms with Gasteiger partial charge in [-0.25, -0.2) is 13.4 Å². The van der Waals surface area contributed by atoms with E-state index in [4.69, 9.17) is 14.2 Å². The van der Waals surface area contributed by atoms with Crippen molar-refractivity contribution in [1.82, 2.24) is 4.98 Å². The number of aliphatic hydroxyl groups excluding tert-OH is 1. The number of aliphatic imine (C=N–C) groups is 1. The van der Waals surface area contributed by atoms with E-state index in [-0.39, 0.29) is 17.6 Å². The molecule has 2 aromatic carbocycles. The van der Waals surface area contributed by atoms with Gasteiger partial charge in [0.05, 0.1) is 18.0 Å². The summed E-state index contributed by atoms with van der Waals surface area (Å²) >= 11 is 0. The average molecular weight is 471 g/mol. The first-order valence-corrected chi connectivity index (χ1v) is 12.4. The van der Waals surface area contributed by atoms with Crippen molar-refractivity contribution in [2.24, 2.45) is 4.99 Å². The van der Waals surface area contributed by atoms with Crippen LogP contribution in [0.1, 0.15) is 19.5 Å². The zero-order chi connectivity index (χ0) is 23.6. The topological polar surface area (TPSA) is 110 Å². The Morgan fingerprint density at radius 3 is 2.42 bits per heavy atom. The van der Waals surface area contributed by atoms with Crippen LogP contribution in [0.15, 0.2) is 64.5 Å². The summed E-state index contributed by atoms with van der Waals surface area (Å²) in [5.41, 5.74) is 2.40. The van der Waals surface area contributed by atoms with E-state index in [0.717, 1.165) is 23.2 Å². The molecule has 0 fully saturated rings. The van der Waals surface area contributed by atoms with Crippen LogP contribution in [0.4, 0.5) is 0 Å². The number of benzene rings is 2. The van der Waals surface area contributed by atoms with E-state index in [1.165, 1.54) is 12.1 Å². The number of hydrogen-bond acceptors (Lipinski definition) is 7. The number of sulfone groups is 1. The molecule has 0 saturated carbocycles. The lowest BCUT2D eigenvalue weighted by Crippen LogP contribution is -2.16. The van der Waals surface area contributed by atoms with E-state index in [1.807, 2.05) is 31.2 Å². The second-order valence-electron chi connectivity index (χ2n) is 8.01. The summed E-state index contributed by atoms with van der Waals surface area (Å²) in [6.07, 6.45) is 0.813. The molecule has 0 aliphatic carbocycles. The summed E-state index contributed by atoms with van der Waals surface area (Å²) in [5.74, 6) is 2.09. The standard InChI is InChI=1S/C24H26N2O6S/c1-15-13-25-24(31-15)23-9-8-22(26-23)17-10-19(30-16(2)14-27)12-20(11-17)32-18-4-6-21(7-5-18)33(3,28)29/h4-12,15-16,26-27H,13-14H2,1-3H3/t15-,16?/m0/s1. The molecule has 9 heteroatoms. The van der Waals surface area contributed by atoms with Gasteiger partial charge in [0.1, 0.15) is 35.2 Å². The third-order valence-corrected chi connectivity index (χ3v) is 6.12. The normalized spacial score (nSPS) is 16.7. The maximum Gasteiger partial charge on any atom is 0.233 e. The Bertz CT molecular complexity index is 1260. The number of hydrogen-bond donors (Lipinski definition) is 2. The lowest BCUT2D eigenvalue weighted by Gasteiger charge is -2.15. The first-order chi connectivity index (χ1) is 15.7. The van der Waals surface area contributed by atoms with E-state index in [0.29, 0.717) is 29.7 Å². The quantitative estimate of drug-likeness (QED) is 0.518. The molecule has 4 rings (SSSR count). The van der Waals surface area contributed by atoms with E-state index in [2.05, 4.69) is 9.98 Å². The third kappa shape index (κ3) is 5.55. The highest BCUT2D eigenvalue weighted by molar-refractivity contribution is 7.90. The first kappa shape index (κ1) is 22.9. The van der Waals surface area contributed by atoms with Gasteiger partial charge < -0.3 is 24.3 Å². The van der Waals surface area contributed by atoms with Crippen LogP contribution < -0.4 is 9.47 Å². The molecular weight excluding hydrogens is 444 g/mol. The molecule has 0 bridgehead atoms. The van der Waals surface area contributed by atoms with Crippen molar-refractivity contribution in [1.29, 1.82) is 0 Å². The van der Waals surface area contributed by atoms with Gasteiger partial charge in [-0.15, -0.1) is 0 Å². The molecule has 0 radical (unpaired) electrons. The number of ether oxygens (including phenoxy) is 3. The smallest absolute Gasteiger partial charge is 0.233 e. The Morgan fingerprint density at radius 2 is 1.79 bits per heavy atom. The fraction of sp³-hybridized carbons (Fsp3) is 0.292. The maximum atomic E-state index is 11.7. The van der Waals surface area contributed by atoms with Crippen molar-refractivity contribution < 1.29 is 27.7 Å². The second-order valence-corrected chi connectivity index (χ2v) is 10.0. The molecule has 2 N–H and O–H groups in total. The van der Waals surface area contributed by atoms with Gasteiger partial charge in [0.2, 0.25) is 5.90 Å². The van der Waals surface area contributed by atoms with Gasteiger partial charge in [-0.05, 0) is 62.4 Å². The number of nitrogens with zero attached hydrogens (tertiary/aromatic N) is 1. The summed E-state index contributed by atoms with van der Waals surface area (Å²) < 4.78 is 40.9. The minimum atomic E-state index is -3.29. The molecule has 1 unspecified atom stereocenters. The fourth-order valence-electron chi connectivity index (χ4n) is 3.33. The molecule has 0 saturated heterocycles. The Balaban J connectivity index is 1.64. The SMILES string of the molecule is CC(CO)Oc1cc(Oc2ccc(S(C)(=O)=O)cc2)cc(-c2ccc(C3=NC[C@H](C)O3)[nH]2)c1. The summed E-state index contributed by atoms with van der Waals surface area (Å²) in [5, 5.41) is 9.39. The van der Waals surface area contributed by atoms with Crippen LogP contribution in [0.3, 0.4) is 0 Å². The van der Waals surface area contributed by atoms with Crippen molar-refractivity contribution in [3.63, 3.8) is 0 Å². The number of aliphatic hydroxyl groups is 1. The van der Waals surface area contributed by atoms with E-state index >= 15 is 0 Å². The highest BCUT2D eigenvalue weighted by Crippen LogP contribution is 2.33. The molecule has 0 spiro atoms. The Labute approximate surface area is 192 Å². The van der Waals surface area contributed by atoms with Gasteiger partial charge in [-0.2, -0.15) is 0 Å². The molecular formula is C24H26N2O6S. The minimum absolute atomic E-state index is 0.0533. The third-order valence-electron chi connectivity index (χ3n) is 4.99. The Hall–Kier alpha value is -3.30. The van der Waals surface area contributed by atoms with E-state index in [9.17, 15) is 13.5 Å². The van der Waals surface area contributed by atoms with Crippen molar-refractivity contribution in [3.8, 4) is 28.5 Å². The Morgan fingerprint density at radius 1 is 1.09 bits per heavy atom. The molecule has 0 amide bonds. The molecule has 33 heavy (non-hydrogen) atoms. The fourth-order valence-corrected chi connectivity index (χ4v) is 3.96. The summed E-state index contributed by atoms with van der Waals surface area (Å²) in [7, 11) is -3.29. The average Bonchev–Trinajstić information content (AvgIpc) is 3.42. The molecule has 1 aliphatic rings. The predicted molar refractivity (Wildman–Crippen MR) is 125 cm³/mol. The van der Waals surface area contributed by atoms with Crippen molar-refractivity contribution in [2.45, 2.75) is 31.0 Å². The second kappa shape index (κ2) is 9.29. The van der Waals surface area contributed by atoms with Crippen LogP contribution in [0, 0.1) is 0 Å². The number of H-pyrrole nitrogens is 1. The number of aromatic amines is 1. The van der Waals surface area contributed by atoms with Gasteiger partial charge in [0, 0.05) is 23.6 Å². The van der Waals surface area contributed by atoms with Crippen LogP contribution in [0.2, 0.25) is 0 Å². The van der Waals surface area contributed by atoms with Gasteiger partial charge in [-0.3, -0.25) is 0 Å². The van der Waals surface area contributed by atoms with Gasteiger partial charge in [0.25, 0.3) is 0 Å². The lowest BCUT2D eigenvalue weighted by atomic mass is 10.1. The van der Waals surface area contributed by atoms with Crippen LogP contribution >= 0.6 is 0 Å². The molecule has 2 atom stereocenters. The lowest BCUT2D eigenvalue weighted by molar-refractivity contribution is 0.129. The molecule has 8 nitrogen and oxygen atoms in total. The largest absolute Gasteiger partial charge is 0.488 e. The minimum Gasteiger partial charge on any atom is -0.488 e. The van der Waals surface area contributed by atoms with Gasteiger partial charge in [0.15, 0.2) is 9.84 Å². The van der Waals surface area contributed by atoms with Crippen molar-refractivity contribution in [3.05, 3.63) is 60.3 Å². The summed E-state index contributed by atoms with van der Waals surface area (Å²) in [4.78, 5) is 7.94. The van der Waals surface area contributed by atoms with Crippen LogP contribution in [0.5, 0.6) is 17.2 Å². The van der Waals surface area contributed by atoms with Gasteiger partial charge >= 0.3 is 0 Å². The molecule has 3 aromatic rings. The Kier molecular flexibility index (Phi) is 6.44.